The second-order valence-electron chi connectivity index (χ2n) is 5.92. The third-order valence-electron chi connectivity index (χ3n) is 4.41. The molecule has 1 aliphatic carbocycles. The summed E-state index contributed by atoms with van der Waals surface area (Å²) in [7, 11) is 0. The zero-order chi connectivity index (χ0) is 15.8. The lowest BCUT2D eigenvalue weighted by Gasteiger charge is -2.57. The largest absolute Gasteiger partial charge is 0.378 e. The first kappa shape index (κ1) is 16.2. The molecule has 0 aromatic heterocycles. The first-order chi connectivity index (χ1) is 9.72. The normalized spacial score (nSPS) is 27.0. The molecule has 1 amide bonds. The highest BCUT2D eigenvalue weighted by Gasteiger charge is 2.62. The van der Waals surface area contributed by atoms with Gasteiger partial charge in [-0.05, 0) is 25.1 Å². The fourth-order valence-corrected chi connectivity index (χ4v) is 2.81. The molecule has 1 saturated carbocycles. The molecule has 0 bridgehead atoms. The van der Waals surface area contributed by atoms with Crippen LogP contribution in [-0.4, -0.2) is 24.2 Å². The van der Waals surface area contributed by atoms with Crippen LogP contribution in [0.25, 0.3) is 0 Å². The minimum atomic E-state index is -1.07. The summed E-state index contributed by atoms with van der Waals surface area (Å²) in [4.78, 5) is 12.5. The van der Waals surface area contributed by atoms with Gasteiger partial charge in [-0.15, -0.1) is 0 Å². The highest BCUT2D eigenvalue weighted by atomic mass is 35.5. The van der Waals surface area contributed by atoms with E-state index in [-0.39, 0.29) is 22.7 Å². The van der Waals surface area contributed by atoms with Gasteiger partial charge in [-0.3, -0.25) is 4.79 Å². The van der Waals surface area contributed by atoms with Crippen molar-refractivity contribution in [1.29, 1.82) is 0 Å². The van der Waals surface area contributed by atoms with E-state index in [2.05, 4.69) is 5.32 Å². The van der Waals surface area contributed by atoms with Crippen LogP contribution in [0, 0.1) is 11.2 Å². The van der Waals surface area contributed by atoms with Gasteiger partial charge in [0.15, 0.2) is 0 Å². The Kier molecular flexibility index (Phi) is 4.29. The molecule has 1 fully saturated rings. The van der Waals surface area contributed by atoms with Crippen molar-refractivity contribution in [2.75, 3.05) is 11.9 Å². The molecule has 1 aromatic carbocycles. The number of nitrogens with one attached hydrogen (secondary N) is 1. The molecule has 1 aromatic rings. The Morgan fingerprint density at radius 3 is 2.81 bits per heavy atom. The summed E-state index contributed by atoms with van der Waals surface area (Å²) in [5, 5.41) is 2.89. The van der Waals surface area contributed by atoms with Crippen molar-refractivity contribution in [2.24, 2.45) is 11.1 Å². The predicted octanol–water partition coefficient (Wildman–Crippen LogP) is 2.95. The fraction of sp³-hybridized carbons (Fsp3) is 0.533. The van der Waals surface area contributed by atoms with Crippen molar-refractivity contribution in [1.82, 2.24) is 0 Å². The van der Waals surface area contributed by atoms with E-state index in [4.69, 9.17) is 22.1 Å². The molecule has 2 unspecified atom stereocenters. The van der Waals surface area contributed by atoms with Crippen LogP contribution in [0.1, 0.15) is 27.2 Å². The quantitative estimate of drug-likeness (QED) is 0.898. The smallest absolute Gasteiger partial charge is 0.245 e. The Morgan fingerprint density at radius 2 is 2.24 bits per heavy atom. The number of benzene rings is 1. The van der Waals surface area contributed by atoms with Crippen molar-refractivity contribution in [3.05, 3.63) is 29.0 Å². The number of hydrogen-bond acceptors (Lipinski definition) is 3. The zero-order valence-corrected chi connectivity index (χ0v) is 13.1. The average molecular weight is 315 g/mol. The van der Waals surface area contributed by atoms with Crippen molar-refractivity contribution < 1.29 is 13.9 Å². The van der Waals surface area contributed by atoms with Gasteiger partial charge in [0.05, 0.1) is 16.8 Å². The Hall–Kier alpha value is -1.17. The van der Waals surface area contributed by atoms with Crippen molar-refractivity contribution in [3.8, 4) is 0 Å². The lowest BCUT2D eigenvalue weighted by atomic mass is 9.54. The number of carbonyl (C=O) groups is 1. The van der Waals surface area contributed by atoms with Gasteiger partial charge in [0.2, 0.25) is 5.91 Å². The van der Waals surface area contributed by atoms with Gasteiger partial charge in [0.25, 0.3) is 0 Å². The topological polar surface area (TPSA) is 64.3 Å². The average Bonchev–Trinajstić information content (AvgIpc) is 2.42. The number of ether oxygens (including phenoxy) is 1. The number of amides is 1. The maximum atomic E-state index is 13.2. The molecule has 0 radical (unpaired) electrons. The van der Waals surface area contributed by atoms with Crippen LogP contribution in [0.4, 0.5) is 10.1 Å². The molecule has 4 nitrogen and oxygen atoms in total. The lowest BCUT2D eigenvalue weighted by molar-refractivity contribution is -0.166. The first-order valence-corrected chi connectivity index (χ1v) is 7.27. The van der Waals surface area contributed by atoms with Crippen LogP contribution in [0.2, 0.25) is 5.02 Å². The van der Waals surface area contributed by atoms with Crippen molar-refractivity contribution >= 4 is 23.2 Å². The Bertz CT molecular complexity index is 565. The van der Waals surface area contributed by atoms with Gasteiger partial charge in [-0.1, -0.05) is 25.4 Å². The van der Waals surface area contributed by atoms with E-state index in [0.29, 0.717) is 13.0 Å². The molecule has 116 valence electrons. The molecule has 0 spiro atoms. The monoisotopic (exact) mass is 314 g/mol. The van der Waals surface area contributed by atoms with E-state index in [1.54, 1.807) is 0 Å². The van der Waals surface area contributed by atoms with Crippen LogP contribution in [0.15, 0.2) is 18.2 Å². The van der Waals surface area contributed by atoms with Crippen LogP contribution in [0.5, 0.6) is 0 Å². The third-order valence-corrected chi connectivity index (χ3v) is 4.74. The number of carbonyl (C=O) groups excluding carboxylic acids is 1. The SMILES string of the molecule is CCOC1CC(N)(C(=O)Nc2cc(F)ccc2Cl)C1(C)C. The Labute approximate surface area is 128 Å². The second-order valence-corrected chi connectivity index (χ2v) is 6.33. The van der Waals surface area contributed by atoms with E-state index in [0.717, 1.165) is 0 Å². The zero-order valence-electron chi connectivity index (χ0n) is 12.4. The summed E-state index contributed by atoms with van der Waals surface area (Å²) in [5.74, 6) is -0.850. The van der Waals surface area contributed by atoms with Crippen LogP contribution in [-0.2, 0) is 9.53 Å². The minimum absolute atomic E-state index is 0.0683. The van der Waals surface area contributed by atoms with E-state index in [1.807, 2.05) is 20.8 Å². The van der Waals surface area contributed by atoms with Gasteiger partial charge in [-0.2, -0.15) is 0 Å². The van der Waals surface area contributed by atoms with E-state index in [9.17, 15) is 9.18 Å². The van der Waals surface area contributed by atoms with Gasteiger partial charge in [0.1, 0.15) is 11.4 Å². The maximum Gasteiger partial charge on any atom is 0.245 e. The highest BCUT2D eigenvalue weighted by molar-refractivity contribution is 6.33. The second kappa shape index (κ2) is 5.55. The van der Waals surface area contributed by atoms with E-state index in [1.165, 1.54) is 18.2 Å². The lowest BCUT2D eigenvalue weighted by Crippen LogP contribution is -2.74. The van der Waals surface area contributed by atoms with Crippen molar-refractivity contribution in [3.63, 3.8) is 0 Å². The summed E-state index contributed by atoms with van der Waals surface area (Å²) < 4.78 is 18.8. The molecule has 6 heteroatoms. The summed E-state index contributed by atoms with van der Waals surface area (Å²) in [6.45, 7) is 6.26. The molecule has 2 rings (SSSR count). The predicted molar refractivity (Wildman–Crippen MR) is 80.8 cm³/mol. The maximum absolute atomic E-state index is 13.2. The first-order valence-electron chi connectivity index (χ1n) is 6.89. The molecular formula is C15H20ClFN2O2. The van der Waals surface area contributed by atoms with E-state index < -0.39 is 16.8 Å². The minimum Gasteiger partial charge on any atom is -0.378 e. The molecule has 0 heterocycles. The molecule has 2 atom stereocenters. The van der Waals surface area contributed by atoms with Gasteiger partial charge in [0, 0.05) is 18.4 Å². The van der Waals surface area contributed by atoms with E-state index >= 15 is 0 Å². The number of halogens is 2. The van der Waals surface area contributed by atoms with Gasteiger partial charge in [-0.25, -0.2) is 4.39 Å². The van der Waals surface area contributed by atoms with Crippen LogP contribution in [0.3, 0.4) is 0 Å². The number of rotatable bonds is 4. The standard InChI is InChI=1S/C15H20ClFN2O2/c1-4-21-12-8-15(18,14(12,2)3)13(20)19-11-7-9(17)5-6-10(11)16/h5-7,12H,4,8,18H2,1-3H3,(H,19,20). The molecule has 1 aliphatic rings. The summed E-state index contributed by atoms with van der Waals surface area (Å²) in [5.41, 5.74) is 4.90. The third kappa shape index (κ3) is 2.65. The molecule has 3 N–H and O–H groups in total. The summed E-state index contributed by atoms with van der Waals surface area (Å²) in [6, 6.07) is 3.80. The van der Waals surface area contributed by atoms with Gasteiger partial charge < -0.3 is 15.8 Å². The fourth-order valence-electron chi connectivity index (χ4n) is 2.65. The molecule has 0 saturated heterocycles. The Morgan fingerprint density at radius 1 is 1.57 bits per heavy atom. The number of anilines is 1. The summed E-state index contributed by atoms with van der Waals surface area (Å²) >= 11 is 5.95. The molecule has 21 heavy (non-hydrogen) atoms. The molecule has 0 aliphatic heterocycles. The van der Waals surface area contributed by atoms with Crippen LogP contribution < -0.4 is 11.1 Å². The highest BCUT2D eigenvalue weighted by Crippen LogP contribution is 2.50. The van der Waals surface area contributed by atoms with Crippen LogP contribution >= 0.6 is 11.6 Å². The summed E-state index contributed by atoms with van der Waals surface area (Å²) in [6.07, 6.45) is 0.355. The Balaban J connectivity index is 2.16. The molecular weight excluding hydrogens is 295 g/mol. The van der Waals surface area contributed by atoms with Gasteiger partial charge >= 0.3 is 0 Å². The number of hydrogen-bond donors (Lipinski definition) is 2. The van der Waals surface area contributed by atoms with Crippen molar-refractivity contribution in [2.45, 2.75) is 38.8 Å². The number of nitrogens with two attached hydrogens (primary N) is 1.